The van der Waals surface area contributed by atoms with Crippen LogP contribution in [0, 0.1) is 6.92 Å². The maximum Gasteiger partial charge on any atom is 0.319 e. The van der Waals surface area contributed by atoms with Crippen molar-refractivity contribution in [2.45, 2.75) is 59.4 Å². The number of imidazole rings is 1. The fourth-order valence-electron chi connectivity index (χ4n) is 4.00. The van der Waals surface area contributed by atoms with Crippen molar-refractivity contribution in [1.29, 1.82) is 0 Å². The van der Waals surface area contributed by atoms with Crippen molar-refractivity contribution in [2.24, 2.45) is 0 Å². The average molecular weight is 499 g/mol. The third-order valence-corrected chi connectivity index (χ3v) is 5.97. The maximum absolute atomic E-state index is 13.0. The molecule has 3 N–H and O–H groups in total. The number of fused-ring (bicyclic) bond motifs is 1. The second-order valence-corrected chi connectivity index (χ2v) is 11.2. The minimum Gasteiger partial charge on any atom is -0.333 e. The van der Waals surface area contributed by atoms with Crippen LogP contribution in [0.2, 0.25) is 0 Å². The summed E-state index contributed by atoms with van der Waals surface area (Å²) in [5, 5.41) is 13.5. The first-order valence-electron chi connectivity index (χ1n) is 12.3. The van der Waals surface area contributed by atoms with Gasteiger partial charge in [0.15, 0.2) is 5.65 Å². The number of aromatic nitrogens is 3. The van der Waals surface area contributed by atoms with E-state index < -0.39 is 0 Å². The number of nitrogens with zero attached hydrogens (tertiary/aromatic N) is 3. The third kappa shape index (κ3) is 5.97. The lowest BCUT2D eigenvalue weighted by molar-refractivity contribution is 0.102. The molecule has 0 fully saturated rings. The molecule has 0 unspecified atom stereocenters. The predicted octanol–water partition coefficient (Wildman–Crippen LogP) is 6.17. The van der Waals surface area contributed by atoms with Gasteiger partial charge in [-0.15, -0.1) is 0 Å². The Bertz CT molecular complexity index is 1460. The molecule has 3 amide bonds. The van der Waals surface area contributed by atoms with Crippen molar-refractivity contribution < 1.29 is 9.59 Å². The van der Waals surface area contributed by atoms with E-state index in [2.05, 4.69) is 46.8 Å². The lowest BCUT2D eigenvalue weighted by Gasteiger charge is -2.21. The molecule has 0 radical (unpaired) electrons. The van der Waals surface area contributed by atoms with E-state index in [1.807, 2.05) is 70.2 Å². The minimum absolute atomic E-state index is 0.0183. The Hall–Kier alpha value is -4.20. The van der Waals surface area contributed by atoms with E-state index in [0.717, 1.165) is 11.1 Å². The fourth-order valence-corrected chi connectivity index (χ4v) is 4.00. The van der Waals surface area contributed by atoms with Crippen LogP contribution in [0.4, 0.5) is 16.2 Å². The number of carbonyl (C=O) groups is 2. The van der Waals surface area contributed by atoms with Crippen LogP contribution in [0.15, 0.2) is 60.9 Å². The first-order valence-corrected chi connectivity index (χ1v) is 12.3. The molecule has 2 aromatic carbocycles. The van der Waals surface area contributed by atoms with Crippen LogP contribution in [0.5, 0.6) is 0 Å². The first-order chi connectivity index (χ1) is 17.3. The van der Waals surface area contributed by atoms with E-state index in [1.165, 1.54) is 5.56 Å². The van der Waals surface area contributed by atoms with Gasteiger partial charge in [-0.3, -0.25) is 4.79 Å². The van der Waals surface area contributed by atoms with Crippen LogP contribution in [-0.2, 0) is 5.41 Å². The summed E-state index contributed by atoms with van der Waals surface area (Å²) in [5.74, 6) is -0.181. The molecular weight excluding hydrogens is 464 g/mol. The quantitative estimate of drug-likeness (QED) is 0.313. The minimum atomic E-state index is -0.387. The largest absolute Gasteiger partial charge is 0.333 e. The molecule has 0 saturated heterocycles. The van der Waals surface area contributed by atoms with Crippen molar-refractivity contribution >= 4 is 29.0 Å². The van der Waals surface area contributed by atoms with Gasteiger partial charge in [0, 0.05) is 34.7 Å². The summed E-state index contributed by atoms with van der Waals surface area (Å²) >= 11 is 0. The van der Waals surface area contributed by atoms with Gasteiger partial charge < -0.3 is 16.0 Å². The number of rotatable bonds is 4. The number of anilines is 2. The third-order valence-electron chi connectivity index (χ3n) is 5.97. The van der Waals surface area contributed by atoms with Gasteiger partial charge in [0.05, 0.1) is 11.4 Å². The number of benzene rings is 2. The molecule has 0 spiro atoms. The predicted molar refractivity (Wildman–Crippen MR) is 148 cm³/mol. The van der Waals surface area contributed by atoms with Crippen LogP contribution >= 0.6 is 0 Å². The highest BCUT2D eigenvalue weighted by atomic mass is 16.2. The van der Waals surface area contributed by atoms with Crippen LogP contribution in [0.1, 0.15) is 63.0 Å². The lowest BCUT2D eigenvalue weighted by atomic mass is 9.86. The van der Waals surface area contributed by atoms with Crippen molar-refractivity contribution in [3.8, 4) is 11.3 Å². The number of carbonyl (C=O) groups excluding carboxylic acids is 2. The van der Waals surface area contributed by atoms with Gasteiger partial charge in [-0.25, -0.2) is 14.3 Å². The molecule has 4 rings (SSSR count). The topological polar surface area (TPSA) is 100 Å². The lowest BCUT2D eigenvalue weighted by Crippen LogP contribution is -2.43. The fraction of sp³-hybridized carbons (Fsp3) is 0.310. The van der Waals surface area contributed by atoms with Crippen LogP contribution in [0.3, 0.4) is 0 Å². The van der Waals surface area contributed by atoms with Crippen molar-refractivity contribution in [2.75, 3.05) is 10.6 Å². The number of urea groups is 1. The molecule has 8 heteroatoms. The molecule has 0 aliphatic heterocycles. The SMILES string of the molecule is Cc1c(NC(=O)c2ccc(C(C)(C)C)cc2)cccc1-c1cc(NC(=O)NC(C)(C)C)c2nccn2n1. The molecule has 2 aromatic heterocycles. The van der Waals surface area contributed by atoms with Gasteiger partial charge in [-0.05, 0) is 68.5 Å². The molecular formula is C29H34N6O2. The summed E-state index contributed by atoms with van der Waals surface area (Å²) in [6.45, 7) is 14.1. The summed E-state index contributed by atoms with van der Waals surface area (Å²) in [6.07, 6.45) is 3.36. The van der Waals surface area contributed by atoms with Crippen LogP contribution < -0.4 is 16.0 Å². The summed E-state index contributed by atoms with van der Waals surface area (Å²) in [5.41, 5.74) is 5.48. The summed E-state index contributed by atoms with van der Waals surface area (Å²) in [7, 11) is 0. The summed E-state index contributed by atoms with van der Waals surface area (Å²) < 4.78 is 1.63. The van der Waals surface area contributed by atoms with Crippen LogP contribution in [-0.4, -0.2) is 32.1 Å². The molecule has 8 nitrogen and oxygen atoms in total. The Balaban J connectivity index is 1.63. The standard InChI is InChI=1S/C29H34N6O2/c1-18-21(9-8-10-22(18)31-26(36)19-11-13-20(14-12-19)28(2,3)4)23-17-24(25-30-15-16-35(25)34-23)32-27(37)33-29(5,6)7/h8-17H,1-7H3,(H,31,36)(H2,32,33,37). The van der Waals surface area contributed by atoms with Gasteiger partial charge in [0.25, 0.3) is 5.91 Å². The van der Waals surface area contributed by atoms with E-state index >= 15 is 0 Å². The molecule has 0 aliphatic carbocycles. The van der Waals surface area contributed by atoms with Gasteiger partial charge in [-0.1, -0.05) is 45.0 Å². The average Bonchev–Trinajstić information content (AvgIpc) is 3.28. The summed E-state index contributed by atoms with van der Waals surface area (Å²) in [6, 6.07) is 14.8. The molecule has 0 bridgehead atoms. The molecule has 2 heterocycles. The Morgan fingerprint density at radius 3 is 2.24 bits per heavy atom. The Kier molecular flexibility index (Phi) is 6.78. The highest BCUT2D eigenvalue weighted by Crippen LogP contribution is 2.30. The Morgan fingerprint density at radius 2 is 1.59 bits per heavy atom. The first kappa shape index (κ1) is 25.9. The summed E-state index contributed by atoms with van der Waals surface area (Å²) in [4.78, 5) is 29.9. The number of hydrogen-bond acceptors (Lipinski definition) is 4. The zero-order valence-corrected chi connectivity index (χ0v) is 22.4. The van der Waals surface area contributed by atoms with E-state index in [1.54, 1.807) is 23.0 Å². The second-order valence-electron chi connectivity index (χ2n) is 11.2. The molecule has 192 valence electrons. The molecule has 0 aliphatic rings. The molecule has 0 saturated carbocycles. The van der Waals surface area contributed by atoms with Gasteiger partial charge >= 0.3 is 6.03 Å². The molecule has 0 atom stereocenters. The monoisotopic (exact) mass is 498 g/mol. The Morgan fingerprint density at radius 1 is 0.892 bits per heavy atom. The smallest absolute Gasteiger partial charge is 0.319 e. The van der Waals surface area contributed by atoms with E-state index in [4.69, 9.17) is 0 Å². The Labute approximate surface area is 217 Å². The van der Waals surface area contributed by atoms with E-state index in [0.29, 0.717) is 28.3 Å². The van der Waals surface area contributed by atoms with Crippen molar-refractivity contribution in [3.05, 3.63) is 77.6 Å². The van der Waals surface area contributed by atoms with Gasteiger partial charge in [0.2, 0.25) is 0 Å². The zero-order chi connectivity index (χ0) is 27.0. The number of nitrogens with one attached hydrogen (secondary N) is 3. The highest BCUT2D eigenvalue weighted by molar-refractivity contribution is 6.05. The van der Waals surface area contributed by atoms with Gasteiger partial charge in [-0.2, -0.15) is 5.10 Å². The second kappa shape index (κ2) is 9.69. The van der Waals surface area contributed by atoms with Gasteiger partial charge in [0.1, 0.15) is 0 Å². The van der Waals surface area contributed by atoms with E-state index in [9.17, 15) is 9.59 Å². The van der Waals surface area contributed by atoms with E-state index in [-0.39, 0.29) is 22.9 Å². The number of hydrogen-bond donors (Lipinski definition) is 3. The highest BCUT2D eigenvalue weighted by Gasteiger charge is 2.18. The normalized spacial score (nSPS) is 11.9. The number of amides is 3. The van der Waals surface area contributed by atoms with Crippen LogP contribution in [0.25, 0.3) is 16.9 Å². The van der Waals surface area contributed by atoms with Crippen molar-refractivity contribution in [3.63, 3.8) is 0 Å². The van der Waals surface area contributed by atoms with Crippen molar-refractivity contribution in [1.82, 2.24) is 19.9 Å². The molecule has 37 heavy (non-hydrogen) atoms. The maximum atomic E-state index is 13.0. The zero-order valence-electron chi connectivity index (χ0n) is 22.4. The molecule has 4 aromatic rings.